The fraction of sp³-hybridized carbons (Fsp3) is 0.471. The van der Waals surface area contributed by atoms with Crippen LogP contribution in [0.1, 0.15) is 25.7 Å². The molecule has 0 saturated carbocycles. The predicted molar refractivity (Wildman–Crippen MR) is 189 cm³/mol. The summed E-state index contributed by atoms with van der Waals surface area (Å²) < 4.78 is 19.7. The van der Waals surface area contributed by atoms with Crippen LogP contribution in [0.3, 0.4) is 0 Å². The first kappa shape index (κ1) is 31.5. The van der Waals surface area contributed by atoms with Gasteiger partial charge < -0.3 is 15.1 Å². The van der Waals surface area contributed by atoms with Crippen LogP contribution in [-0.2, 0) is 16.3 Å². The highest BCUT2D eigenvalue weighted by molar-refractivity contribution is 7.92. The molecule has 3 aromatic heterocycles. The molecule has 1 unspecified atom stereocenters. The number of likely N-dealkylation sites (N-methyl/N-ethyl adjacent to an activating group) is 1. The van der Waals surface area contributed by atoms with Crippen molar-refractivity contribution in [3.63, 3.8) is 0 Å². The van der Waals surface area contributed by atoms with Crippen LogP contribution in [0.15, 0.2) is 70.5 Å². The number of rotatable bonds is 9. The van der Waals surface area contributed by atoms with E-state index in [1.807, 2.05) is 12.1 Å². The number of pyridine rings is 1. The van der Waals surface area contributed by atoms with E-state index in [2.05, 4.69) is 60.1 Å². The Morgan fingerprint density at radius 2 is 1.79 bits per heavy atom. The summed E-state index contributed by atoms with van der Waals surface area (Å²) in [5.74, 6) is 1.97. The van der Waals surface area contributed by atoms with Crippen LogP contribution in [0.25, 0.3) is 16.9 Å². The van der Waals surface area contributed by atoms with E-state index in [1.54, 1.807) is 41.5 Å². The third kappa shape index (κ3) is 6.56. The summed E-state index contributed by atoms with van der Waals surface area (Å²) in [5, 5.41) is 3.66. The maximum absolute atomic E-state index is 13.3. The van der Waals surface area contributed by atoms with Gasteiger partial charge in [0.1, 0.15) is 5.39 Å². The number of hydrogen-bond donors (Lipinski definition) is 1. The van der Waals surface area contributed by atoms with Gasteiger partial charge >= 0.3 is 0 Å². The molecule has 2 bridgehead atoms. The summed E-state index contributed by atoms with van der Waals surface area (Å²) in [7, 11) is -0.0596. The minimum Gasteiger partial charge on any atom is -0.371 e. The lowest BCUT2D eigenvalue weighted by Gasteiger charge is -2.51. The zero-order valence-corrected chi connectivity index (χ0v) is 28.3. The van der Waals surface area contributed by atoms with E-state index in [-0.39, 0.29) is 12.1 Å². The topological polar surface area (TPSA) is 117 Å². The molecular weight excluding hydrogens is 613 g/mol. The van der Waals surface area contributed by atoms with Crippen LogP contribution in [0.2, 0.25) is 0 Å². The van der Waals surface area contributed by atoms with E-state index in [1.165, 1.54) is 61.9 Å². The van der Waals surface area contributed by atoms with Crippen molar-refractivity contribution in [2.24, 2.45) is 10.3 Å². The molecule has 12 nitrogen and oxygen atoms in total. The lowest BCUT2D eigenvalue weighted by Crippen LogP contribution is -2.59. The van der Waals surface area contributed by atoms with Crippen molar-refractivity contribution in [2.75, 3.05) is 62.5 Å². The van der Waals surface area contributed by atoms with Crippen LogP contribution in [0.5, 0.6) is 0 Å². The molecule has 4 aliphatic heterocycles. The highest BCUT2D eigenvalue weighted by Gasteiger charge is 2.38. The standard InChI is InChI=1S/C34H44N10O2S/c1-5-17-43-33(45)28-22-35-34(38-32(28)44(43)31-8-6-7-30(37-31)39-47(3,4)46)36-25-9-11-27(12-10-25)42-20-15-26(16-21-42)40(2)29-23-41-18-13-24(29)14-19-41/h5-12,22,24,26,29H,1,13-21,23H2,2-4H3,(H,35,36,38). The number of piperidine rings is 4. The van der Waals surface area contributed by atoms with Crippen molar-refractivity contribution in [3.8, 4) is 5.82 Å². The van der Waals surface area contributed by atoms with Gasteiger partial charge in [0, 0.05) is 71.5 Å². The maximum Gasteiger partial charge on any atom is 0.278 e. The van der Waals surface area contributed by atoms with Crippen molar-refractivity contribution in [1.29, 1.82) is 0 Å². The van der Waals surface area contributed by atoms with Crippen LogP contribution >= 0.6 is 0 Å². The lowest BCUT2D eigenvalue weighted by molar-refractivity contribution is -0.00546. The van der Waals surface area contributed by atoms with Crippen molar-refractivity contribution >= 4 is 43.9 Å². The molecule has 1 N–H and O–H groups in total. The molecule has 47 heavy (non-hydrogen) atoms. The van der Waals surface area contributed by atoms with Gasteiger partial charge in [0.2, 0.25) is 5.95 Å². The quantitative estimate of drug-likeness (QED) is 0.264. The second kappa shape index (κ2) is 12.9. The molecule has 0 radical (unpaired) electrons. The SMILES string of the molecule is C=CCn1c(=O)c2cnc(Nc3ccc(N4CCC(N(C)C5CN6CCC5CC6)CC4)cc3)nc2n1-c1cccc(N=S(C)(C)=O)n1. The summed E-state index contributed by atoms with van der Waals surface area (Å²) in [6.45, 7) is 9.98. The zero-order valence-electron chi connectivity index (χ0n) is 27.5. The largest absolute Gasteiger partial charge is 0.371 e. The fourth-order valence-electron chi connectivity index (χ4n) is 7.50. The summed E-state index contributed by atoms with van der Waals surface area (Å²) in [6.07, 6.45) is 11.4. The summed E-state index contributed by atoms with van der Waals surface area (Å²) in [4.78, 5) is 35.0. The van der Waals surface area contributed by atoms with E-state index in [9.17, 15) is 9.00 Å². The number of benzene rings is 1. The minimum absolute atomic E-state index is 0.244. The number of nitrogens with zero attached hydrogens (tertiary/aromatic N) is 9. The molecule has 4 fully saturated rings. The molecule has 1 aromatic carbocycles. The van der Waals surface area contributed by atoms with Crippen LogP contribution < -0.4 is 15.8 Å². The normalized spacial score (nSPS) is 21.8. The number of anilines is 3. The number of fused-ring (bicyclic) bond motifs is 4. The van der Waals surface area contributed by atoms with Crippen LogP contribution in [0.4, 0.5) is 23.1 Å². The number of allylic oxidation sites excluding steroid dienone is 1. The lowest BCUT2D eigenvalue weighted by atomic mass is 9.82. The molecule has 13 heteroatoms. The minimum atomic E-state index is -2.42. The Kier molecular flexibility index (Phi) is 8.62. The van der Waals surface area contributed by atoms with E-state index >= 15 is 0 Å². The van der Waals surface area contributed by atoms with Crippen LogP contribution in [-0.4, -0.2) is 103 Å². The van der Waals surface area contributed by atoms with Gasteiger partial charge in [-0.25, -0.2) is 23.5 Å². The Hall–Kier alpha value is -4.07. The Morgan fingerprint density at radius 3 is 2.45 bits per heavy atom. The van der Waals surface area contributed by atoms with Gasteiger partial charge in [-0.05, 0) is 88.1 Å². The van der Waals surface area contributed by atoms with E-state index in [0.29, 0.717) is 40.7 Å². The monoisotopic (exact) mass is 656 g/mol. The average molecular weight is 657 g/mol. The summed E-state index contributed by atoms with van der Waals surface area (Å²) in [5.41, 5.74) is 2.21. The van der Waals surface area contributed by atoms with Gasteiger partial charge in [0.05, 0.1) is 6.54 Å². The molecule has 248 valence electrons. The Morgan fingerprint density at radius 1 is 1.04 bits per heavy atom. The first-order chi connectivity index (χ1) is 22.7. The molecule has 4 aliphatic rings. The molecular formula is C34H44N10O2S. The van der Waals surface area contributed by atoms with Crippen LogP contribution in [0, 0.1) is 5.92 Å². The third-order valence-corrected chi connectivity index (χ3v) is 10.5. The molecule has 0 aliphatic carbocycles. The van der Waals surface area contributed by atoms with Gasteiger partial charge in [-0.2, -0.15) is 9.35 Å². The Labute approximate surface area is 276 Å². The van der Waals surface area contributed by atoms with Gasteiger partial charge in [0.25, 0.3) is 5.56 Å². The highest BCUT2D eigenvalue weighted by atomic mass is 32.2. The average Bonchev–Trinajstić information content (AvgIpc) is 3.35. The number of nitrogens with one attached hydrogen (secondary N) is 1. The van der Waals surface area contributed by atoms with Crippen molar-refractivity contribution < 1.29 is 4.21 Å². The fourth-order valence-corrected chi connectivity index (χ4v) is 8.05. The molecule has 4 aromatic rings. The molecule has 8 rings (SSSR count). The first-order valence-corrected chi connectivity index (χ1v) is 18.8. The molecule has 0 amide bonds. The zero-order chi connectivity index (χ0) is 32.7. The third-order valence-electron chi connectivity index (χ3n) is 9.90. The second-order valence-electron chi connectivity index (χ2n) is 13.3. The number of hydrogen-bond acceptors (Lipinski definition) is 10. The smallest absolute Gasteiger partial charge is 0.278 e. The van der Waals surface area contributed by atoms with Gasteiger partial charge in [-0.15, -0.1) is 6.58 Å². The summed E-state index contributed by atoms with van der Waals surface area (Å²) in [6, 6.07) is 15.0. The van der Waals surface area contributed by atoms with Gasteiger partial charge in [0.15, 0.2) is 17.3 Å². The number of aromatic nitrogens is 5. The Balaban J connectivity index is 1.07. The molecule has 0 spiro atoms. The molecule has 4 saturated heterocycles. The Bertz CT molecular complexity index is 1940. The maximum atomic E-state index is 13.3. The van der Waals surface area contributed by atoms with Gasteiger partial charge in [-0.3, -0.25) is 9.69 Å². The first-order valence-electron chi connectivity index (χ1n) is 16.5. The predicted octanol–water partition coefficient (Wildman–Crippen LogP) is 4.26. The summed E-state index contributed by atoms with van der Waals surface area (Å²) >= 11 is 0. The van der Waals surface area contributed by atoms with Crippen molar-refractivity contribution in [3.05, 3.63) is 71.7 Å². The van der Waals surface area contributed by atoms with E-state index in [4.69, 9.17) is 4.98 Å². The van der Waals surface area contributed by atoms with Crippen molar-refractivity contribution in [1.82, 2.24) is 34.1 Å². The van der Waals surface area contributed by atoms with Gasteiger partial charge in [-0.1, -0.05) is 12.1 Å². The van der Waals surface area contributed by atoms with Crippen molar-refractivity contribution in [2.45, 2.75) is 44.3 Å². The second-order valence-corrected chi connectivity index (χ2v) is 15.9. The highest BCUT2D eigenvalue weighted by Crippen LogP contribution is 2.33. The van der Waals surface area contributed by atoms with E-state index in [0.717, 1.165) is 24.7 Å². The molecule has 7 heterocycles. The molecule has 1 atom stereocenters. The van der Waals surface area contributed by atoms with E-state index < -0.39 is 9.73 Å².